The molecule has 0 bridgehead atoms. The van der Waals surface area contributed by atoms with Crippen molar-refractivity contribution in [3.63, 3.8) is 0 Å². The van der Waals surface area contributed by atoms with Crippen LogP contribution in [0.3, 0.4) is 0 Å². The Labute approximate surface area is 146 Å². The van der Waals surface area contributed by atoms with Crippen molar-refractivity contribution in [3.05, 3.63) is 42.0 Å². The van der Waals surface area contributed by atoms with Crippen molar-refractivity contribution < 1.29 is 14.3 Å². The maximum Gasteiger partial charge on any atom is 0.409 e. The molecule has 2 aliphatic rings. The first-order valence-electron chi connectivity index (χ1n) is 8.66. The van der Waals surface area contributed by atoms with Crippen molar-refractivity contribution in [1.29, 1.82) is 0 Å². The van der Waals surface area contributed by atoms with E-state index in [1.54, 1.807) is 4.90 Å². The number of hydrogen-bond donors (Lipinski definition) is 0. The molecular weight excluding hydrogens is 318 g/mol. The lowest BCUT2D eigenvalue weighted by Gasteiger charge is -2.36. The normalized spacial score (nSPS) is 17.4. The van der Waals surface area contributed by atoms with Crippen LogP contribution in [0.4, 0.5) is 10.5 Å². The van der Waals surface area contributed by atoms with E-state index in [-0.39, 0.29) is 12.0 Å². The first-order valence-corrected chi connectivity index (χ1v) is 8.66. The predicted octanol–water partition coefficient (Wildman–Crippen LogP) is 2.53. The molecule has 2 heterocycles. The van der Waals surface area contributed by atoms with Gasteiger partial charge in [0.2, 0.25) is 0 Å². The molecule has 6 heteroatoms. The Kier molecular flexibility index (Phi) is 4.05. The highest BCUT2D eigenvalue weighted by Crippen LogP contribution is 2.37. The molecule has 0 atom stereocenters. The van der Waals surface area contributed by atoms with Crippen LogP contribution < -0.4 is 4.90 Å². The maximum atomic E-state index is 12.8. The van der Waals surface area contributed by atoms with E-state index in [4.69, 9.17) is 4.74 Å². The van der Waals surface area contributed by atoms with Gasteiger partial charge in [-0.1, -0.05) is 24.3 Å². The third kappa shape index (κ3) is 2.72. The average molecular weight is 339 g/mol. The monoisotopic (exact) mass is 339 g/mol. The van der Waals surface area contributed by atoms with E-state index in [1.165, 1.54) is 0 Å². The van der Waals surface area contributed by atoms with Gasteiger partial charge < -0.3 is 9.64 Å². The number of nitrogens with zero attached hydrogens (tertiary/aromatic N) is 3. The number of amides is 2. The van der Waals surface area contributed by atoms with Crippen LogP contribution in [0.25, 0.3) is 10.8 Å². The van der Waals surface area contributed by atoms with E-state index in [9.17, 15) is 9.59 Å². The molecule has 6 nitrogen and oxygen atoms in total. The van der Waals surface area contributed by atoms with Crippen LogP contribution >= 0.6 is 0 Å². The summed E-state index contributed by atoms with van der Waals surface area (Å²) in [5.74, 6) is 0.0552. The van der Waals surface area contributed by atoms with E-state index in [0.29, 0.717) is 26.4 Å². The Morgan fingerprint density at radius 1 is 1.08 bits per heavy atom. The summed E-state index contributed by atoms with van der Waals surface area (Å²) in [7, 11) is 0. The van der Waals surface area contributed by atoms with Crippen molar-refractivity contribution in [2.75, 3.05) is 44.4 Å². The Morgan fingerprint density at radius 3 is 2.52 bits per heavy atom. The van der Waals surface area contributed by atoms with Crippen LogP contribution in [0.15, 0.2) is 36.4 Å². The molecule has 4 rings (SSSR count). The van der Waals surface area contributed by atoms with Crippen LogP contribution in [0.1, 0.15) is 17.3 Å². The molecule has 2 aromatic carbocycles. The molecule has 2 aromatic rings. The minimum Gasteiger partial charge on any atom is -0.450 e. The number of benzene rings is 2. The quantitative estimate of drug-likeness (QED) is 0.862. The lowest BCUT2D eigenvalue weighted by Crippen LogP contribution is -2.52. The summed E-state index contributed by atoms with van der Waals surface area (Å²) in [6.45, 7) is 5.46. The second kappa shape index (κ2) is 6.37. The first kappa shape index (κ1) is 15.9. The van der Waals surface area contributed by atoms with Crippen LogP contribution in [0, 0.1) is 0 Å². The van der Waals surface area contributed by atoms with Crippen LogP contribution in [0.5, 0.6) is 0 Å². The Balaban J connectivity index is 1.48. The second-order valence-electron chi connectivity index (χ2n) is 6.36. The fourth-order valence-electron chi connectivity index (χ4n) is 3.61. The lowest BCUT2D eigenvalue weighted by atomic mass is 10.1. The van der Waals surface area contributed by atoms with E-state index in [1.807, 2.05) is 48.2 Å². The largest absolute Gasteiger partial charge is 0.450 e. The number of piperazine rings is 1. The van der Waals surface area contributed by atoms with E-state index >= 15 is 0 Å². The summed E-state index contributed by atoms with van der Waals surface area (Å²) in [5.41, 5.74) is 1.75. The van der Waals surface area contributed by atoms with Gasteiger partial charge in [0.15, 0.2) is 0 Å². The molecule has 130 valence electrons. The van der Waals surface area contributed by atoms with Crippen molar-refractivity contribution in [2.45, 2.75) is 6.92 Å². The van der Waals surface area contributed by atoms with Crippen LogP contribution in [0.2, 0.25) is 0 Å². The highest BCUT2D eigenvalue weighted by molar-refractivity contribution is 6.24. The van der Waals surface area contributed by atoms with Crippen LogP contribution in [-0.4, -0.2) is 61.3 Å². The third-order valence-corrected chi connectivity index (χ3v) is 4.89. The van der Waals surface area contributed by atoms with Gasteiger partial charge >= 0.3 is 6.09 Å². The highest BCUT2D eigenvalue weighted by Gasteiger charge is 2.32. The van der Waals surface area contributed by atoms with Crippen molar-refractivity contribution in [1.82, 2.24) is 9.80 Å². The van der Waals surface area contributed by atoms with Gasteiger partial charge in [0.25, 0.3) is 5.91 Å². The molecule has 0 N–H and O–H groups in total. The zero-order valence-corrected chi connectivity index (χ0v) is 14.3. The number of ether oxygens (including phenoxy) is 1. The number of carbonyl (C=O) groups excluding carboxylic acids is 2. The zero-order chi connectivity index (χ0) is 17.4. The molecule has 2 amide bonds. The highest BCUT2D eigenvalue weighted by atomic mass is 16.6. The summed E-state index contributed by atoms with van der Waals surface area (Å²) >= 11 is 0. The average Bonchev–Trinajstić information content (AvgIpc) is 2.91. The van der Waals surface area contributed by atoms with Gasteiger partial charge in [0.05, 0.1) is 19.0 Å². The molecule has 0 aromatic heterocycles. The zero-order valence-electron chi connectivity index (χ0n) is 14.3. The SMILES string of the molecule is CCOC(=O)N1CCN(CN2C(=O)c3cccc4cccc2c34)CC1. The van der Waals surface area contributed by atoms with Gasteiger partial charge in [-0.2, -0.15) is 0 Å². The van der Waals surface area contributed by atoms with Crippen LogP contribution in [-0.2, 0) is 4.74 Å². The standard InChI is InChI=1S/C19H21N3O3/c1-2-25-19(24)21-11-9-20(10-12-21)13-22-16-8-4-6-14-5-3-7-15(17(14)16)18(22)23/h3-8H,2,9-13H2,1H3. The number of carbonyl (C=O) groups is 2. The smallest absolute Gasteiger partial charge is 0.409 e. The van der Waals surface area contributed by atoms with Gasteiger partial charge in [0, 0.05) is 37.1 Å². The minimum atomic E-state index is -0.253. The van der Waals surface area contributed by atoms with E-state index in [0.717, 1.165) is 35.1 Å². The fourth-order valence-corrected chi connectivity index (χ4v) is 3.61. The molecule has 25 heavy (non-hydrogen) atoms. The van der Waals surface area contributed by atoms with E-state index < -0.39 is 0 Å². The number of hydrogen-bond acceptors (Lipinski definition) is 4. The van der Waals surface area contributed by atoms with Crippen molar-refractivity contribution in [2.24, 2.45) is 0 Å². The number of rotatable bonds is 3. The van der Waals surface area contributed by atoms with Gasteiger partial charge in [-0.25, -0.2) is 4.79 Å². The minimum absolute atomic E-state index is 0.0552. The molecular formula is C19H21N3O3. The topological polar surface area (TPSA) is 53.1 Å². The first-order chi connectivity index (χ1) is 12.2. The van der Waals surface area contributed by atoms with Gasteiger partial charge in [-0.15, -0.1) is 0 Å². The van der Waals surface area contributed by atoms with Gasteiger partial charge in [0.1, 0.15) is 0 Å². The summed E-state index contributed by atoms with van der Waals surface area (Å²) in [6.07, 6.45) is -0.253. The van der Waals surface area contributed by atoms with Crippen molar-refractivity contribution >= 4 is 28.5 Å². The summed E-state index contributed by atoms with van der Waals surface area (Å²) < 4.78 is 5.05. The molecule has 2 aliphatic heterocycles. The molecule has 0 unspecified atom stereocenters. The lowest BCUT2D eigenvalue weighted by molar-refractivity contribution is 0.0769. The predicted molar refractivity (Wildman–Crippen MR) is 95.8 cm³/mol. The van der Waals surface area contributed by atoms with Gasteiger partial charge in [-0.05, 0) is 24.4 Å². The van der Waals surface area contributed by atoms with Gasteiger partial charge in [-0.3, -0.25) is 14.6 Å². The Hall–Kier alpha value is -2.60. The summed E-state index contributed by atoms with van der Waals surface area (Å²) in [5, 5.41) is 2.14. The molecule has 0 saturated carbocycles. The van der Waals surface area contributed by atoms with E-state index in [2.05, 4.69) is 4.90 Å². The Bertz CT molecular complexity index is 823. The van der Waals surface area contributed by atoms with Crippen molar-refractivity contribution in [3.8, 4) is 0 Å². The molecule has 0 radical (unpaired) electrons. The Morgan fingerprint density at radius 2 is 1.80 bits per heavy atom. The maximum absolute atomic E-state index is 12.8. The second-order valence-corrected chi connectivity index (χ2v) is 6.36. The third-order valence-electron chi connectivity index (χ3n) is 4.89. The fraction of sp³-hybridized carbons (Fsp3) is 0.368. The molecule has 1 fully saturated rings. The molecule has 1 saturated heterocycles. The molecule has 0 spiro atoms. The summed E-state index contributed by atoms with van der Waals surface area (Å²) in [6, 6.07) is 11.9. The molecule has 0 aliphatic carbocycles. The number of anilines is 1. The summed E-state index contributed by atoms with van der Waals surface area (Å²) in [4.78, 5) is 30.4.